The van der Waals surface area contributed by atoms with Crippen molar-refractivity contribution in [3.8, 4) is 0 Å². The monoisotopic (exact) mass is 275 g/mol. The van der Waals surface area contributed by atoms with Crippen LogP contribution >= 0.6 is 11.6 Å². The summed E-state index contributed by atoms with van der Waals surface area (Å²) < 4.78 is 2.24. The average molecular weight is 276 g/mol. The molecule has 4 heteroatoms. The van der Waals surface area contributed by atoms with Crippen molar-refractivity contribution in [1.29, 1.82) is 0 Å². The van der Waals surface area contributed by atoms with Crippen LogP contribution in [0.2, 0.25) is 5.02 Å². The predicted molar refractivity (Wildman–Crippen MR) is 77.2 cm³/mol. The maximum atomic E-state index is 5.89. The molecule has 1 fully saturated rings. The number of halogens is 1. The van der Waals surface area contributed by atoms with Crippen molar-refractivity contribution in [3.63, 3.8) is 0 Å². The van der Waals surface area contributed by atoms with Gasteiger partial charge in [-0.1, -0.05) is 23.7 Å². The summed E-state index contributed by atoms with van der Waals surface area (Å²) in [7, 11) is 0. The Bertz CT molecular complexity index is 541. The zero-order chi connectivity index (χ0) is 13.2. The second-order valence-corrected chi connectivity index (χ2v) is 5.75. The molecule has 0 amide bonds. The third-order valence-corrected chi connectivity index (χ3v) is 3.98. The van der Waals surface area contributed by atoms with Gasteiger partial charge in [0.2, 0.25) is 0 Å². The van der Waals surface area contributed by atoms with Gasteiger partial charge in [-0.05, 0) is 24.6 Å². The van der Waals surface area contributed by atoms with Crippen LogP contribution in [0.1, 0.15) is 11.4 Å². The van der Waals surface area contributed by atoms with Crippen molar-refractivity contribution in [2.75, 3.05) is 13.1 Å². The molecule has 0 atom stereocenters. The summed E-state index contributed by atoms with van der Waals surface area (Å²) in [4.78, 5) is 6.73. The van der Waals surface area contributed by atoms with Crippen LogP contribution < -0.4 is 0 Å². The van der Waals surface area contributed by atoms with Crippen LogP contribution in [0.4, 0.5) is 0 Å². The lowest BCUT2D eigenvalue weighted by molar-refractivity contribution is 0.0799. The fourth-order valence-corrected chi connectivity index (χ4v) is 2.77. The quantitative estimate of drug-likeness (QED) is 0.855. The van der Waals surface area contributed by atoms with E-state index in [9.17, 15) is 0 Å². The van der Waals surface area contributed by atoms with E-state index >= 15 is 0 Å². The number of aryl methyl sites for hydroxylation is 1. The van der Waals surface area contributed by atoms with E-state index in [0.717, 1.165) is 29.9 Å². The van der Waals surface area contributed by atoms with Gasteiger partial charge in [0.15, 0.2) is 0 Å². The van der Waals surface area contributed by atoms with Gasteiger partial charge in [0.25, 0.3) is 0 Å². The predicted octanol–water partition coefficient (Wildman–Crippen LogP) is 2.98. The Morgan fingerprint density at radius 3 is 2.63 bits per heavy atom. The summed E-state index contributed by atoms with van der Waals surface area (Å²) in [6.07, 6.45) is 3.94. The van der Waals surface area contributed by atoms with E-state index in [0.29, 0.717) is 0 Å². The molecule has 0 saturated carbocycles. The van der Waals surface area contributed by atoms with Crippen LogP contribution in [0.5, 0.6) is 0 Å². The van der Waals surface area contributed by atoms with Crippen molar-refractivity contribution in [2.24, 2.45) is 5.92 Å². The molecule has 1 aliphatic heterocycles. The normalized spacial score (nSPS) is 16.5. The lowest BCUT2D eigenvalue weighted by atomic mass is 9.99. The van der Waals surface area contributed by atoms with E-state index < -0.39 is 0 Å². The highest BCUT2D eigenvalue weighted by atomic mass is 35.5. The molecule has 0 aliphatic carbocycles. The highest BCUT2D eigenvalue weighted by molar-refractivity contribution is 6.30. The molecule has 1 aromatic carbocycles. The van der Waals surface area contributed by atoms with E-state index in [1.165, 1.54) is 18.7 Å². The average Bonchev–Trinajstić information content (AvgIpc) is 2.75. The summed E-state index contributed by atoms with van der Waals surface area (Å²) in [6, 6.07) is 8.14. The second kappa shape index (κ2) is 5.35. The maximum absolute atomic E-state index is 5.89. The van der Waals surface area contributed by atoms with Gasteiger partial charge in [0, 0.05) is 49.5 Å². The molecular weight excluding hydrogens is 258 g/mol. The number of benzene rings is 1. The van der Waals surface area contributed by atoms with Crippen molar-refractivity contribution >= 4 is 11.6 Å². The first-order valence-corrected chi connectivity index (χ1v) is 7.03. The largest absolute Gasteiger partial charge is 0.335 e. The zero-order valence-corrected chi connectivity index (χ0v) is 11.8. The summed E-state index contributed by atoms with van der Waals surface area (Å²) in [5, 5.41) is 0.806. The Morgan fingerprint density at radius 2 is 2.00 bits per heavy atom. The molecule has 2 heterocycles. The fourth-order valence-electron chi connectivity index (χ4n) is 2.64. The number of rotatable bonds is 4. The van der Waals surface area contributed by atoms with E-state index in [-0.39, 0.29) is 0 Å². The van der Waals surface area contributed by atoms with E-state index in [1.807, 2.05) is 18.3 Å². The Morgan fingerprint density at radius 1 is 1.26 bits per heavy atom. The van der Waals surface area contributed by atoms with Gasteiger partial charge in [-0.25, -0.2) is 4.98 Å². The number of imidazole rings is 1. The first-order chi connectivity index (χ1) is 9.20. The topological polar surface area (TPSA) is 21.1 Å². The fraction of sp³-hybridized carbons (Fsp3) is 0.400. The van der Waals surface area contributed by atoms with E-state index in [4.69, 9.17) is 11.6 Å². The van der Waals surface area contributed by atoms with Crippen LogP contribution in [0, 0.1) is 12.8 Å². The van der Waals surface area contributed by atoms with Crippen LogP contribution in [-0.2, 0) is 13.1 Å². The first kappa shape index (κ1) is 12.7. The number of hydrogen-bond donors (Lipinski definition) is 0. The minimum Gasteiger partial charge on any atom is -0.335 e. The van der Waals surface area contributed by atoms with Crippen LogP contribution in [-0.4, -0.2) is 27.5 Å². The summed E-state index contributed by atoms with van der Waals surface area (Å²) in [6.45, 7) is 6.50. The molecule has 3 rings (SSSR count). The van der Waals surface area contributed by atoms with E-state index in [1.54, 1.807) is 0 Å². The van der Waals surface area contributed by atoms with Gasteiger partial charge in [0.1, 0.15) is 5.82 Å². The molecule has 0 N–H and O–H groups in total. The van der Waals surface area contributed by atoms with Gasteiger partial charge < -0.3 is 4.57 Å². The molecular formula is C15H18ClN3. The molecule has 19 heavy (non-hydrogen) atoms. The van der Waals surface area contributed by atoms with Crippen LogP contribution in [0.3, 0.4) is 0 Å². The van der Waals surface area contributed by atoms with Gasteiger partial charge in [0.05, 0.1) is 0 Å². The number of hydrogen-bond acceptors (Lipinski definition) is 2. The van der Waals surface area contributed by atoms with Crippen molar-refractivity contribution in [2.45, 2.75) is 20.0 Å². The lowest BCUT2D eigenvalue weighted by Crippen LogP contribution is -2.47. The minimum absolute atomic E-state index is 0.750. The molecule has 2 aromatic rings. The number of nitrogens with zero attached hydrogens (tertiary/aromatic N) is 3. The van der Waals surface area contributed by atoms with Crippen molar-refractivity contribution in [1.82, 2.24) is 14.5 Å². The minimum atomic E-state index is 0.750. The smallest absolute Gasteiger partial charge is 0.105 e. The molecule has 0 spiro atoms. The first-order valence-electron chi connectivity index (χ1n) is 6.65. The molecule has 0 bridgehead atoms. The summed E-state index contributed by atoms with van der Waals surface area (Å²) in [5.74, 6) is 1.86. The summed E-state index contributed by atoms with van der Waals surface area (Å²) >= 11 is 5.89. The molecule has 1 saturated heterocycles. The highest BCUT2D eigenvalue weighted by Gasteiger charge is 2.26. The zero-order valence-electron chi connectivity index (χ0n) is 11.1. The Labute approximate surface area is 118 Å². The third kappa shape index (κ3) is 2.99. The Balaban J connectivity index is 1.48. The lowest BCUT2D eigenvalue weighted by Gasteiger charge is -2.39. The standard InChI is InChI=1S/C15H18ClN3/c1-12-17-6-7-19(12)11-14-9-18(10-14)8-13-2-4-15(16)5-3-13/h2-7,14H,8-11H2,1H3. The maximum Gasteiger partial charge on any atom is 0.105 e. The molecule has 100 valence electrons. The van der Waals surface area contributed by atoms with Crippen molar-refractivity contribution < 1.29 is 0 Å². The molecule has 1 aliphatic rings. The van der Waals surface area contributed by atoms with Gasteiger partial charge in [-0.3, -0.25) is 4.90 Å². The molecule has 0 unspecified atom stereocenters. The highest BCUT2D eigenvalue weighted by Crippen LogP contribution is 2.21. The molecule has 0 radical (unpaired) electrons. The molecule has 3 nitrogen and oxygen atoms in total. The third-order valence-electron chi connectivity index (χ3n) is 3.73. The SMILES string of the molecule is Cc1nccn1CC1CN(Cc2ccc(Cl)cc2)C1. The van der Waals surface area contributed by atoms with E-state index in [2.05, 4.69) is 39.7 Å². The Kier molecular flexibility index (Phi) is 3.58. The van der Waals surface area contributed by atoms with Gasteiger partial charge in [-0.2, -0.15) is 0 Å². The van der Waals surface area contributed by atoms with Gasteiger partial charge >= 0.3 is 0 Å². The summed E-state index contributed by atoms with van der Waals surface area (Å²) in [5.41, 5.74) is 1.33. The van der Waals surface area contributed by atoms with Crippen LogP contribution in [0.15, 0.2) is 36.7 Å². The molecule has 1 aromatic heterocycles. The number of aromatic nitrogens is 2. The van der Waals surface area contributed by atoms with Gasteiger partial charge in [-0.15, -0.1) is 0 Å². The second-order valence-electron chi connectivity index (χ2n) is 5.31. The van der Waals surface area contributed by atoms with Crippen LogP contribution in [0.25, 0.3) is 0 Å². The Hall–Kier alpha value is -1.32. The number of likely N-dealkylation sites (tertiary alicyclic amines) is 1. The van der Waals surface area contributed by atoms with Crippen molar-refractivity contribution in [3.05, 3.63) is 53.1 Å².